The van der Waals surface area contributed by atoms with Gasteiger partial charge in [0.25, 0.3) is 0 Å². The summed E-state index contributed by atoms with van der Waals surface area (Å²) in [5.41, 5.74) is -0.470. The maximum atomic E-state index is 6.21. The lowest BCUT2D eigenvalue weighted by molar-refractivity contribution is -0.577. The number of ether oxygens (including phenoxy) is 3. The van der Waals surface area contributed by atoms with Gasteiger partial charge in [-0.25, -0.2) is 9.78 Å². The van der Waals surface area contributed by atoms with E-state index < -0.39 is 17.7 Å². The summed E-state index contributed by atoms with van der Waals surface area (Å²) in [7, 11) is 1.70. The standard InChI is InChI=1S/C16H26O5/c1-9-5-6-12-10(2)13(17-4)18-14-16(12)11(9)7-8-15(3,19-14)20-21-16/h9-14H,5-8H2,1-4H3/t9?,10?,11-,12+,13?,14-,15-,16-/m1/s1. The van der Waals surface area contributed by atoms with Gasteiger partial charge >= 0.3 is 0 Å². The van der Waals surface area contributed by atoms with Crippen molar-refractivity contribution < 1.29 is 24.0 Å². The molecule has 0 aromatic heterocycles. The average Bonchev–Trinajstić information content (AvgIpc) is 2.69. The second-order valence-corrected chi connectivity index (χ2v) is 7.51. The molecule has 4 heterocycles. The van der Waals surface area contributed by atoms with Crippen LogP contribution in [0, 0.1) is 23.7 Å². The average molecular weight is 298 g/mol. The summed E-state index contributed by atoms with van der Waals surface area (Å²) in [6.07, 6.45) is 3.64. The van der Waals surface area contributed by atoms with Gasteiger partial charge in [-0.15, -0.1) is 0 Å². The Balaban J connectivity index is 1.79. The molecule has 1 saturated carbocycles. The fourth-order valence-electron chi connectivity index (χ4n) is 5.14. The van der Waals surface area contributed by atoms with Gasteiger partial charge in [0, 0.05) is 25.4 Å². The summed E-state index contributed by atoms with van der Waals surface area (Å²) in [6.45, 7) is 6.46. The molecular weight excluding hydrogens is 272 g/mol. The van der Waals surface area contributed by atoms with Crippen molar-refractivity contribution >= 4 is 0 Å². The first-order chi connectivity index (χ1) is 10.00. The molecule has 1 spiro atoms. The predicted molar refractivity (Wildman–Crippen MR) is 73.8 cm³/mol. The molecule has 0 aromatic rings. The Labute approximate surface area is 126 Å². The van der Waals surface area contributed by atoms with Crippen molar-refractivity contribution in [2.24, 2.45) is 23.7 Å². The van der Waals surface area contributed by atoms with Gasteiger partial charge in [0.2, 0.25) is 5.79 Å². The molecule has 5 heteroatoms. The Hall–Kier alpha value is -0.200. The van der Waals surface area contributed by atoms with Crippen molar-refractivity contribution in [3.63, 3.8) is 0 Å². The number of rotatable bonds is 1. The zero-order chi connectivity index (χ0) is 14.8. The molecule has 120 valence electrons. The molecule has 3 unspecified atom stereocenters. The van der Waals surface area contributed by atoms with E-state index in [0.717, 1.165) is 19.3 Å². The van der Waals surface area contributed by atoms with E-state index >= 15 is 0 Å². The van der Waals surface area contributed by atoms with Crippen LogP contribution in [0.25, 0.3) is 0 Å². The highest BCUT2D eigenvalue weighted by atomic mass is 17.3. The van der Waals surface area contributed by atoms with E-state index in [4.69, 9.17) is 24.0 Å². The van der Waals surface area contributed by atoms with Crippen LogP contribution >= 0.6 is 0 Å². The van der Waals surface area contributed by atoms with Gasteiger partial charge in [0.05, 0.1) is 0 Å². The molecule has 0 N–H and O–H groups in total. The van der Waals surface area contributed by atoms with Crippen LogP contribution in [0.1, 0.15) is 46.5 Å². The van der Waals surface area contributed by atoms with Crippen LogP contribution < -0.4 is 0 Å². The number of hydrogen-bond acceptors (Lipinski definition) is 5. The minimum Gasteiger partial charge on any atom is -0.355 e. The van der Waals surface area contributed by atoms with Crippen LogP contribution in [-0.4, -0.2) is 31.1 Å². The molecule has 5 aliphatic rings. The summed E-state index contributed by atoms with van der Waals surface area (Å²) in [4.78, 5) is 11.8. The molecule has 5 fully saturated rings. The van der Waals surface area contributed by atoms with E-state index in [1.54, 1.807) is 7.11 Å². The lowest BCUT2D eigenvalue weighted by Crippen LogP contribution is -2.70. The van der Waals surface area contributed by atoms with Crippen molar-refractivity contribution in [1.82, 2.24) is 0 Å². The molecule has 4 aliphatic heterocycles. The van der Waals surface area contributed by atoms with Gasteiger partial charge in [-0.2, -0.15) is 0 Å². The van der Waals surface area contributed by atoms with Crippen molar-refractivity contribution in [2.45, 2.75) is 70.4 Å². The summed E-state index contributed by atoms with van der Waals surface area (Å²) in [5, 5.41) is 0. The van der Waals surface area contributed by atoms with Crippen LogP contribution in [0.4, 0.5) is 0 Å². The number of fused-ring (bicyclic) bond motifs is 2. The zero-order valence-electron chi connectivity index (χ0n) is 13.3. The Kier molecular flexibility index (Phi) is 3.19. The normalized spacial score (nSPS) is 59.4. The molecule has 5 rings (SSSR count). The first-order valence-corrected chi connectivity index (χ1v) is 8.23. The van der Waals surface area contributed by atoms with Gasteiger partial charge in [-0.1, -0.05) is 13.8 Å². The SMILES string of the molecule is COC1O[C@@H]2O[C@@]3(C)CC[C@@H]4C(C)CC[C@@H](C1C)[C@@]24OO3. The molecule has 8 atom stereocenters. The van der Waals surface area contributed by atoms with Gasteiger partial charge < -0.3 is 14.2 Å². The third-order valence-corrected chi connectivity index (χ3v) is 6.33. The minimum absolute atomic E-state index is 0.230. The second-order valence-electron chi connectivity index (χ2n) is 7.51. The summed E-state index contributed by atoms with van der Waals surface area (Å²) in [5.74, 6) is 0.953. The molecular formula is C16H26O5. The quantitative estimate of drug-likeness (QED) is 0.697. The van der Waals surface area contributed by atoms with Gasteiger partial charge in [-0.05, 0) is 38.0 Å². The van der Waals surface area contributed by atoms with Crippen LogP contribution in [-0.2, 0) is 24.0 Å². The molecule has 4 saturated heterocycles. The fraction of sp³-hybridized carbons (Fsp3) is 1.00. The molecule has 21 heavy (non-hydrogen) atoms. The van der Waals surface area contributed by atoms with E-state index in [1.165, 1.54) is 6.42 Å². The maximum absolute atomic E-state index is 6.21. The smallest absolute Gasteiger partial charge is 0.201 e. The molecule has 2 bridgehead atoms. The van der Waals surface area contributed by atoms with Crippen LogP contribution in [0.5, 0.6) is 0 Å². The van der Waals surface area contributed by atoms with Crippen molar-refractivity contribution in [3.8, 4) is 0 Å². The van der Waals surface area contributed by atoms with E-state index in [1.807, 2.05) is 6.92 Å². The molecule has 0 aromatic carbocycles. The lowest BCUT2D eigenvalue weighted by atomic mass is 9.58. The Bertz CT molecular complexity index is 429. The first-order valence-electron chi connectivity index (χ1n) is 8.23. The third-order valence-electron chi connectivity index (χ3n) is 6.33. The van der Waals surface area contributed by atoms with E-state index in [-0.39, 0.29) is 12.2 Å². The summed E-state index contributed by atoms with van der Waals surface area (Å²) in [6, 6.07) is 0. The number of methoxy groups -OCH3 is 1. The monoisotopic (exact) mass is 298 g/mol. The fourth-order valence-corrected chi connectivity index (χ4v) is 5.14. The maximum Gasteiger partial charge on any atom is 0.201 e. The lowest BCUT2D eigenvalue weighted by Gasteiger charge is -2.60. The zero-order valence-corrected chi connectivity index (χ0v) is 13.3. The number of hydrogen-bond donors (Lipinski definition) is 0. The Morgan fingerprint density at radius 3 is 2.62 bits per heavy atom. The highest BCUT2D eigenvalue weighted by molar-refractivity contribution is 5.08. The second kappa shape index (κ2) is 4.65. The molecule has 5 nitrogen and oxygen atoms in total. The van der Waals surface area contributed by atoms with E-state index in [2.05, 4.69) is 13.8 Å². The molecule has 0 radical (unpaired) electrons. The Morgan fingerprint density at radius 2 is 1.86 bits per heavy atom. The van der Waals surface area contributed by atoms with Crippen molar-refractivity contribution in [3.05, 3.63) is 0 Å². The highest BCUT2D eigenvalue weighted by Gasteiger charge is 2.69. The van der Waals surface area contributed by atoms with Gasteiger partial charge in [0.1, 0.15) is 0 Å². The largest absolute Gasteiger partial charge is 0.355 e. The summed E-state index contributed by atoms with van der Waals surface area (Å²) >= 11 is 0. The van der Waals surface area contributed by atoms with E-state index in [0.29, 0.717) is 17.8 Å². The molecule has 1 aliphatic carbocycles. The van der Waals surface area contributed by atoms with Crippen LogP contribution in [0.3, 0.4) is 0 Å². The van der Waals surface area contributed by atoms with Crippen LogP contribution in [0.15, 0.2) is 0 Å². The predicted octanol–water partition coefficient (Wildman–Crippen LogP) is 2.84. The minimum atomic E-state index is -0.698. The van der Waals surface area contributed by atoms with Gasteiger partial charge in [-0.3, -0.25) is 0 Å². The summed E-state index contributed by atoms with van der Waals surface area (Å²) < 4.78 is 17.9. The Morgan fingerprint density at radius 1 is 1.05 bits per heavy atom. The first kappa shape index (κ1) is 14.4. The van der Waals surface area contributed by atoms with Crippen LogP contribution in [0.2, 0.25) is 0 Å². The highest BCUT2D eigenvalue weighted by Crippen LogP contribution is 2.60. The van der Waals surface area contributed by atoms with Crippen molar-refractivity contribution in [2.75, 3.05) is 7.11 Å². The van der Waals surface area contributed by atoms with Gasteiger partial charge in [0.15, 0.2) is 18.2 Å². The third kappa shape index (κ3) is 1.81. The van der Waals surface area contributed by atoms with Crippen molar-refractivity contribution in [1.29, 1.82) is 0 Å². The molecule has 0 amide bonds. The topological polar surface area (TPSA) is 46.2 Å². The van der Waals surface area contributed by atoms with E-state index in [9.17, 15) is 0 Å².